The van der Waals surface area contributed by atoms with Crippen molar-refractivity contribution in [1.82, 2.24) is 0 Å². The number of carbonyl (C=O) groups is 1. The van der Waals surface area contributed by atoms with Crippen LogP contribution in [0.2, 0.25) is 0 Å². The first-order valence-corrected chi connectivity index (χ1v) is 3.04. The van der Waals surface area contributed by atoms with Gasteiger partial charge in [0.25, 0.3) is 0 Å². The van der Waals surface area contributed by atoms with Crippen LogP contribution in [0.4, 0.5) is 0 Å². The Hall–Kier alpha value is -1.07. The van der Waals surface area contributed by atoms with Crippen molar-refractivity contribution in [2.75, 3.05) is 6.61 Å². The van der Waals surface area contributed by atoms with E-state index in [1.165, 1.54) is 0 Å². The predicted octanol–water partition coefficient (Wildman–Crippen LogP) is -1.29. The molecular weight excluding hydrogens is 152 g/mol. The highest BCUT2D eigenvalue weighted by Crippen LogP contribution is 2.12. The summed E-state index contributed by atoms with van der Waals surface area (Å²) in [5.74, 6) is -1.45. The zero-order valence-electron chi connectivity index (χ0n) is 5.60. The van der Waals surface area contributed by atoms with E-state index in [9.17, 15) is 4.79 Å². The second-order valence-corrected chi connectivity index (χ2v) is 2.17. The lowest BCUT2D eigenvalue weighted by Crippen LogP contribution is -2.41. The van der Waals surface area contributed by atoms with Crippen molar-refractivity contribution in [2.24, 2.45) is 0 Å². The SMILES string of the molecule is O=C1C(O)=COC(CO)[C@H]1O. The van der Waals surface area contributed by atoms with Crippen molar-refractivity contribution in [3.63, 3.8) is 0 Å². The molecule has 2 atom stereocenters. The van der Waals surface area contributed by atoms with Gasteiger partial charge in [0.15, 0.2) is 18.0 Å². The molecule has 0 aromatic heterocycles. The van der Waals surface area contributed by atoms with E-state index in [0.717, 1.165) is 6.26 Å². The number of hydrogen-bond acceptors (Lipinski definition) is 5. The van der Waals surface area contributed by atoms with Gasteiger partial charge in [0.1, 0.15) is 6.26 Å². The Kier molecular flexibility index (Phi) is 2.11. The highest BCUT2D eigenvalue weighted by atomic mass is 16.5. The predicted molar refractivity (Wildman–Crippen MR) is 33.7 cm³/mol. The average Bonchev–Trinajstić information content (AvgIpc) is 2.01. The summed E-state index contributed by atoms with van der Waals surface area (Å²) in [6.45, 7) is -0.462. The largest absolute Gasteiger partial charge is 0.502 e. The Morgan fingerprint density at radius 1 is 1.64 bits per heavy atom. The van der Waals surface area contributed by atoms with Gasteiger partial charge in [-0.25, -0.2) is 0 Å². The summed E-state index contributed by atoms with van der Waals surface area (Å²) in [5, 5.41) is 26.2. The van der Waals surface area contributed by atoms with E-state index < -0.39 is 30.4 Å². The van der Waals surface area contributed by atoms with Crippen LogP contribution in [-0.4, -0.2) is 39.9 Å². The summed E-state index contributed by atoms with van der Waals surface area (Å²) < 4.78 is 4.59. The van der Waals surface area contributed by atoms with E-state index in [0.29, 0.717) is 0 Å². The third-order valence-electron chi connectivity index (χ3n) is 1.41. The van der Waals surface area contributed by atoms with Crippen LogP contribution in [0.25, 0.3) is 0 Å². The Labute approximate surface area is 62.5 Å². The van der Waals surface area contributed by atoms with Crippen LogP contribution < -0.4 is 0 Å². The quantitative estimate of drug-likeness (QED) is 0.444. The molecule has 11 heavy (non-hydrogen) atoms. The van der Waals surface area contributed by atoms with Gasteiger partial charge in [-0.3, -0.25) is 4.79 Å². The Balaban J connectivity index is 2.76. The molecule has 1 heterocycles. The van der Waals surface area contributed by atoms with Crippen molar-refractivity contribution >= 4 is 5.78 Å². The second kappa shape index (κ2) is 2.89. The van der Waals surface area contributed by atoms with E-state index >= 15 is 0 Å². The van der Waals surface area contributed by atoms with Gasteiger partial charge >= 0.3 is 0 Å². The molecule has 0 aromatic rings. The fraction of sp³-hybridized carbons (Fsp3) is 0.500. The molecule has 0 spiro atoms. The number of ketones is 1. The Morgan fingerprint density at radius 3 is 2.82 bits per heavy atom. The molecule has 0 aliphatic carbocycles. The van der Waals surface area contributed by atoms with Gasteiger partial charge in [-0.15, -0.1) is 0 Å². The van der Waals surface area contributed by atoms with Gasteiger partial charge in [0, 0.05) is 0 Å². The molecule has 0 radical (unpaired) electrons. The smallest absolute Gasteiger partial charge is 0.232 e. The highest BCUT2D eigenvalue weighted by Gasteiger charge is 2.32. The number of Topliss-reactive ketones (excluding diaryl/α,β-unsaturated/α-hetero) is 1. The third-order valence-corrected chi connectivity index (χ3v) is 1.41. The monoisotopic (exact) mass is 160 g/mol. The first kappa shape index (κ1) is 8.03. The lowest BCUT2D eigenvalue weighted by molar-refractivity contribution is -0.138. The molecule has 1 unspecified atom stereocenters. The summed E-state index contributed by atoms with van der Waals surface area (Å²) in [6, 6.07) is 0. The summed E-state index contributed by atoms with van der Waals surface area (Å²) >= 11 is 0. The van der Waals surface area contributed by atoms with E-state index in [1.54, 1.807) is 0 Å². The molecule has 62 valence electrons. The number of aliphatic hydroxyl groups is 3. The third kappa shape index (κ3) is 1.33. The molecule has 5 nitrogen and oxygen atoms in total. The topological polar surface area (TPSA) is 87.0 Å². The molecular formula is C6H8O5. The maximum absolute atomic E-state index is 10.7. The fourth-order valence-corrected chi connectivity index (χ4v) is 0.748. The number of carbonyl (C=O) groups excluding carboxylic acids is 1. The molecule has 0 bridgehead atoms. The molecule has 1 aliphatic heterocycles. The molecule has 5 heteroatoms. The van der Waals surface area contributed by atoms with Crippen LogP contribution in [0, 0.1) is 0 Å². The van der Waals surface area contributed by atoms with Crippen LogP contribution in [0.3, 0.4) is 0 Å². The van der Waals surface area contributed by atoms with Crippen molar-refractivity contribution in [2.45, 2.75) is 12.2 Å². The molecule has 0 saturated heterocycles. The minimum Gasteiger partial charge on any atom is -0.502 e. The zero-order chi connectivity index (χ0) is 8.43. The van der Waals surface area contributed by atoms with Gasteiger partial charge in [-0.05, 0) is 0 Å². The normalized spacial score (nSPS) is 31.1. The van der Waals surface area contributed by atoms with E-state index in [4.69, 9.17) is 15.3 Å². The minimum atomic E-state index is -1.47. The van der Waals surface area contributed by atoms with Gasteiger partial charge in [0.2, 0.25) is 5.78 Å². The standard InChI is InChI=1S/C6H8O5/c7-1-4-6(10)5(9)3(8)2-11-4/h2,4,6-8,10H,1H2/t4?,6-/m1/s1. The van der Waals surface area contributed by atoms with Crippen molar-refractivity contribution in [3.8, 4) is 0 Å². The van der Waals surface area contributed by atoms with E-state index in [2.05, 4.69) is 4.74 Å². The molecule has 0 aromatic carbocycles. The summed E-state index contributed by atoms with van der Waals surface area (Å²) in [5.41, 5.74) is 0. The molecule has 0 saturated carbocycles. The van der Waals surface area contributed by atoms with Crippen molar-refractivity contribution in [3.05, 3.63) is 12.0 Å². The maximum atomic E-state index is 10.7. The molecule has 3 N–H and O–H groups in total. The molecule has 0 amide bonds. The molecule has 1 aliphatic rings. The first-order valence-electron chi connectivity index (χ1n) is 3.04. The zero-order valence-corrected chi connectivity index (χ0v) is 5.60. The van der Waals surface area contributed by atoms with Crippen LogP contribution in [0.5, 0.6) is 0 Å². The fourth-order valence-electron chi connectivity index (χ4n) is 0.748. The Morgan fingerprint density at radius 2 is 2.27 bits per heavy atom. The lowest BCUT2D eigenvalue weighted by atomic mass is 10.1. The van der Waals surface area contributed by atoms with E-state index in [1.807, 2.05) is 0 Å². The lowest BCUT2D eigenvalue weighted by Gasteiger charge is -2.22. The van der Waals surface area contributed by atoms with Crippen LogP contribution in [-0.2, 0) is 9.53 Å². The van der Waals surface area contributed by atoms with Gasteiger partial charge in [-0.2, -0.15) is 0 Å². The average molecular weight is 160 g/mol. The van der Waals surface area contributed by atoms with Gasteiger partial charge < -0.3 is 20.1 Å². The van der Waals surface area contributed by atoms with Crippen LogP contribution in [0.15, 0.2) is 12.0 Å². The number of hydrogen-bond donors (Lipinski definition) is 3. The van der Waals surface area contributed by atoms with Crippen LogP contribution in [0.1, 0.15) is 0 Å². The minimum absolute atomic E-state index is 0.462. The summed E-state index contributed by atoms with van der Waals surface area (Å²) in [6.07, 6.45) is -1.61. The molecule has 0 fully saturated rings. The van der Waals surface area contributed by atoms with Crippen LogP contribution >= 0.6 is 0 Å². The van der Waals surface area contributed by atoms with Crippen molar-refractivity contribution < 1.29 is 24.9 Å². The number of aliphatic hydroxyl groups excluding tert-OH is 3. The summed E-state index contributed by atoms with van der Waals surface area (Å²) in [4.78, 5) is 10.7. The molecule has 1 rings (SSSR count). The van der Waals surface area contributed by atoms with Crippen molar-refractivity contribution in [1.29, 1.82) is 0 Å². The highest BCUT2D eigenvalue weighted by molar-refractivity contribution is 5.97. The summed E-state index contributed by atoms with van der Waals surface area (Å²) in [7, 11) is 0. The second-order valence-electron chi connectivity index (χ2n) is 2.17. The van der Waals surface area contributed by atoms with Gasteiger partial charge in [0.05, 0.1) is 6.61 Å². The van der Waals surface area contributed by atoms with Gasteiger partial charge in [-0.1, -0.05) is 0 Å². The number of ether oxygens (including phenoxy) is 1. The first-order chi connectivity index (χ1) is 5.16. The van der Waals surface area contributed by atoms with E-state index in [-0.39, 0.29) is 0 Å². The number of rotatable bonds is 1. The maximum Gasteiger partial charge on any atom is 0.232 e. The Bertz CT molecular complexity index is 197.